The molecule has 0 aromatic heterocycles. The van der Waals surface area contributed by atoms with E-state index in [9.17, 15) is 4.79 Å². The Kier molecular flexibility index (Phi) is 4.38. The Morgan fingerprint density at radius 3 is 2.83 bits per heavy atom. The summed E-state index contributed by atoms with van der Waals surface area (Å²) < 4.78 is 0.818. The minimum atomic E-state index is -0.0137. The number of carbonyl (C=O) groups excluding carboxylic acids is 1. The molecule has 1 aromatic carbocycles. The van der Waals surface area contributed by atoms with Gasteiger partial charge in [-0.15, -0.1) is 12.6 Å². The zero-order valence-corrected chi connectivity index (χ0v) is 13.0. The zero-order chi connectivity index (χ0) is 13.2. The van der Waals surface area contributed by atoms with Crippen LogP contribution in [0.5, 0.6) is 0 Å². The highest BCUT2D eigenvalue weighted by Gasteiger charge is 2.41. The number of carbonyl (C=O) groups is 1. The first-order valence-electron chi connectivity index (χ1n) is 6.33. The maximum Gasteiger partial charge on any atom is 0.252 e. The number of rotatable bonds is 5. The van der Waals surface area contributed by atoms with Crippen molar-refractivity contribution >= 4 is 34.5 Å². The number of benzene rings is 1. The third-order valence-corrected chi connectivity index (χ3v) is 4.53. The Balaban J connectivity index is 1.98. The van der Waals surface area contributed by atoms with Gasteiger partial charge in [-0.05, 0) is 58.8 Å². The van der Waals surface area contributed by atoms with Crippen LogP contribution in [0.25, 0.3) is 0 Å². The number of amides is 1. The van der Waals surface area contributed by atoms with Crippen LogP contribution in [0.4, 0.5) is 0 Å². The van der Waals surface area contributed by atoms with Crippen molar-refractivity contribution in [2.75, 3.05) is 6.54 Å². The molecule has 1 saturated carbocycles. The molecule has 1 fully saturated rings. The molecule has 0 unspecified atom stereocenters. The lowest BCUT2D eigenvalue weighted by molar-refractivity contribution is 0.0942. The lowest BCUT2D eigenvalue weighted by Gasteiger charge is -2.15. The SMILES string of the molecule is CCCC1(CNC(=O)c2cc(S)ccc2Br)CC1. The molecular weight excluding hydrogens is 310 g/mol. The van der Waals surface area contributed by atoms with Gasteiger partial charge < -0.3 is 5.32 Å². The summed E-state index contributed by atoms with van der Waals surface area (Å²) in [5.41, 5.74) is 1.05. The summed E-state index contributed by atoms with van der Waals surface area (Å²) >= 11 is 7.67. The van der Waals surface area contributed by atoms with Crippen molar-refractivity contribution in [3.05, 3.63) is 28.2 Å². The highest BCUT2D eigenvalue weighted by molar-refractivity contribution is 9.10. The van der Waals surface area contributed by atoms with Gasteiger partial charge in [0.25, 0.3) is 5.91 Å². The average Bonchev–Trinajstić information content (AvgIpc) is 3.10. The van der Waals surface area contributed by atoms with Gasteiger partial charge in [0.1, 0.15) is 0 Å². The topological polar surface area (TPSA) is 29.1 Å². The van der Waals surface area contributed by atoms with E-state index in [2.05, 4.69) is 40.8 Å². The van der Waals surface area contributed by atoms with E-state index in [0.29, 0.717) is 11.0 Å². The average molecular weight is 328 g/mol. The molecule has 18 heavy (non-hydrogen) atoms. The van der Waals surface area contributed by atoms with Crippen molar-refractivity contribution in [3.63, 3.8) is 0 Å². The maximum absolute atomic E-state index is 12.1. The molecule has 0 aliphatic heterocycles. The van der Waals surface area contributed by atoms with Crippen molar-refractivity contribution in [2.45, 2.75) is 37.5 Å². The first kappa shape index (κ1) is 13.9. The highest BCUT2D eigenvalue weighted by atomic mass is 79.9. The van der Waals surface area contributed by atoms with E-state index in [1.165, 1.54) is 25.7 Å². The van der Waals surface area contributed by atoms with Crippen molar-refractivity contribution in [3.8, 4) is 0 Å². The molecule has 1 aromatic rings. The molecule has 0 radical (unpaired) electrons. The second kappa shape index (κ2) is 5.66. The molecule has 0 saturated heterocycles. The fourth-order valence-corrected chi connectivity index (χ4v) is 2.90. The van der Waals surface area contributed by atoms with Gasteiger partial charge in [0.2, 0.25) is 0 Å². The number of hydrogen-bond acceptors (Lipinski definition) is 2. The van der Waals surface area contributed by atoms with Gasteiger partial charge in [0.15, 0.2) is 0 Å². The van der Waals surface area contributed by atoms with Crippen molar-refractivity contribution < 1.29 is 4.79 Å². The first-order chi connectivity index (χ1) is 8.56. The molecule has 1 aliphatic rings. The van der Waals surface area contributed by atoms with Crippen LogP contribution in [0.2, 0.25) is 0 Å². The van der Waals surface area contributed by atoms with Crippen molar-refractivity contribution in [1.29, 1.82) is 0 Å². The van der Waals surface area contributed by atoms with Gasteiger partial charge >= 0.3 is 0 Å². The summed E-state index contributed by atoms with van der Waals surface area (Å²) in [6.07, 6.45) is 4.89. The Morgan fingerprint density at radius 2 is 2.22 bits per heavy atom. The number of hydrogen-bond donors (Lipinski definition) is 2. The molecule has 0 bridgehead atoms. The monoisotopic (exact) mass is 327 g/mol. The molecule has 4 heteroatoms. The predicted molar refractivity (Wildman–Crippen MR) is 80.3 cm³/mol. The van der Waals surface area contributed by atoms with Crippen LogP contribution in [-0.2, 0) is 0 Å². The molecule has 2 rings (SSSR count). The van der Waals surface area contributed by atoms with Crippen molar-refractivity contribution in [1.82, 2.24) is 5.32 Å². The van der Waals surface area contributed by atoms with E-state index >= 15 is 0 Å². The summed E-state index contributed by atoms with van der Waals surface area (Å²) in [4.78, 5) is 12.9. The highest BCUT2D eigenvalue weighted by Crippen LogP contribution is 2.48. The number of nitrogens with one attached hydrogen (secondary N) is 1. The second-order valence-electron chi connectivity index (χ2n) is 5.10. The molecule has 0 atom stereocenters. The minimum Gasteiger partial charge on any atom is -0.351 e. The predicted octanol–water partition coefficient (Wildman–Crippen LogP) is 4.05. The summed E-state index contributed by atoms with van der Waals surface area (Å²) in [7, 11) is 0. The van der Waals surface area contributed by atoms with E-state index < -0.39 is 0 Å². The zero-order valence-electron chi connectivity index (χ0n) is 10.5. The van der Waals surface area contributed by atoms with E-state index in [-0.39, 0.29) is 5.91 Å². The molecule has 2 nitrogen and oxygen atoms in total. The largest absolute Gasteiger partial charge is 0.351 e. The quantitative estimate of drug-likeness (QED) is 0.785. The molecule has 0 heterocycles. The number of halogens is 1. The van der Waals surface area contributed by atoms with Gasteiger partial charge in [-0.1, -0.05) is 13.3 Å². The molecular formula is C14H18BrNOS. The van der Waals surface area contributed by atoms with Crippen LogP contribution >= 0.6 is 28.6 Å². The molecule has 1 amide bonds. The fourth-order valence-electron chi connectivity index (χ4n) is 2.27. The van der Waals surface area contributed by atoms with Crippen LogP contribution in [0.15, 0.2) is 27.6 Å². The van der Waals surface area contributed by atoms with Crippen LogP contribution in [0.3, 0.4) is 0 Å². The lowest BCUT2D eigenvalue weighted by Crippen LogP contribution is -2.30. The standard InChI is InChI=1S/C14H18BrNOS/c1-2-5-14(6-7-14)9-16-13(17)11-8-10(18)3-4-12(11)15/h3-4,8,18H,2,5-7,9H2,1H3,(H,16,17). The van der Waals surface area contributed by atoms with E-state index in [1.807, 2.05) is 12.1 Å². The van der Waals surface area contributed by atoms with Gasteiger partial charge in [0.05, 0.1) is 5.56 Å². The summed E-state index contributed by atoms with van der Waals surface area (Å²) in [6.45, 7) is 2.99. The maximum atomic E-state index is 12.1. The summed E-state index contributed by atoms with van der Waals surface area (Å²) in [6, 6.07) is 5.52. The Bertz CT molecular complexity index is 457. The van der Waals surface area contributed by atoms with Crippen molar-refractivity contribution in [2.24, 2.45) is 5.41 Å². The second-order valence-corrected chi connectivity index (χ2v) is 6.47. The van der Waals surface area contributed by atoms with Gasteiger partial charge in [0, 0.05) is 15.9 Å². The van der Waals surface area contributed by atoms with Crippen LogP contribution in [0.1, 0.15) is 43.0 Å². The normalized spacial score (nSPS) is 16.4. The fraction of sp³-hybridized carbons (Fsp3) is 0.500. The first-order valence-corrected chi connectivity index (χ1v) is 7.57. The summed E-state index contributed by atoms with van der Waals surface area (Å²) in [5, 5.41) is 3.05. The third-order valence-electron chi connectivity index (χ3n) is 3.56. The smallest absolute Gasteiger partial charge is 0.252 e. The molecule has 0 spiro atoms. The van der Waals surface area contributed by atoms with Crippen LogP contribution in [-0.4, -0.2) is 12.5 Å². The summed E-state index contributed by atoms with van der Waals surface area (Å²) in [5.74, 6) is -0.0137. The lowest BCUT2D eigenvalue weighted by atomic mass is 10.0. The Hall–Kier alpha value is -0.480. The Labute approximate surface area is 122 Å². The van der Waals surface area contributed by atoms with E-state index in [4.69, 9.17) is 0 Å². The molecule has 1 aliphatic carbocycles. The van der Waals surface area contributed by atoms with E-state index in [0.717, 1.165) is 15.9 Å². The van der Waals surface area contributed by atoms with E-state index in [1.54, 1.807) is 6.07 Å². The van der Waals surface area contributed by atoms with Gasteiger partial charge in [-0.2, -0.15) is 0 Å². The third kappa shape index (κ3) is 3.29. The Morgan fingerprint density at radius 1 is 1.50 bits per heavy atom. The van der Waals surface area contributed by atoms with Gasteiger partial charge in [-0.3, -0.25) is 4.79 Å². The molecule has 98 valence electrons. The van der Waals surface area contributed by atoms with Crippen LogP contribution < -0.4 is 5.32 Å². The minimum absolute atomic E-state index is 0.0137. The van der Waals surface area contributed by atoms with Gasteiger partial charge in [-0.25, -0.2) is 0 Å². The molecule has 1 N–H and O–H groups in total. The van der Waals surface area contributed by atoms with Crippen LogP contribution in [0, 0.1) is 5.41 Å². The number of thiol groups is 1.